The van der Waals surface area contributed by atoms with Gasteiger partial charge in [0.15, 0.2) is 0 Å². The van der Waals surface area contributed by atoms with E-state index in [1.54, 1.807) is 0 Å². The van der Waals surface area contributed by atoms with Gasteiger partial charge in [-0.15, -0.1) is 0 Å². The fourth-order valence-electron chi connectivity index (χ4n) is 2.85. The van der Waals surface area contributed by atoms with Gasteiger partial charge in [-0.2, -0.15) is 5.10 Å². The maximum absolute atomic E-state index is 11.2. The first-order valence-electron chi connectivity index (χ1n) is 7.15. The standard InChI is InChI=1S/C14H23N3O2/c1-2-17-10-11(8-16-17)7-15-9-12-5-3-4-6-13(12)14(18)19/h8,10,12-13,15H,2-7,9H2,1H3,(H,18,19). The molecule has 1 saturated carbocycles. The molecule has 19 heavy (non-hydrogen) atoms. The highest BCUT2D eigenvalue weighted by Crippen LogP contribution is 2.29. The molecular formula is C14H23N3O2. The van der Waals surface area contributed by atoms with Gasteiger partial charge in [-0.25, -0.2) is 0 Å². The zero-order valence-corrected chi connectivity index (χ0v) is 11.5. The molecule has 1 aromatic heterocycles. The molecule has 2 unspecified atom stereocenters. The molecule has 2 atom stereocenters. The van der Waals surface area contributed by atoms with Crippen LogP contribution < -0.4 is 5.32 Å². The van der Waals surface area contributed by atoms with Gasteiger partial charge in [-0.1, -0.05) is 12.8 Å². The zero-order chi connectivity index (χ0) is 13.7. The minimum Gasteiger partial charge on any atom is -0.481 e. The summed E-state index contributed by atoms with van der Waals surface area (Å²) in [5.41, 5.74) is 1.16. The highest BCUT2D eigenvalue weighted by Gasteiger charge is 2.30. The largest absolute Gasteiger partial charge is 0.481 e. The number of aromatic nitrogens is 2. The lowest BCUT2D eigenvalue weighted by molar-refractivity contribution is -0.144. The van der Waals surface area contributed by atoms with Crippen LogP contribution in [0, 0.1) is 11.8 Å². The van der Waals surface area contributed by atoms with E-state index in [4.69, 9.17) is 0 Å². The molecule has 1 aliphatic carbocycles. The summed E-state index contributed by atoms with van der Waals surface area (Å²) in [5, 5.41) is 16.8. The lowest BCUT2D eigenvalue weighted by atomic mass is 9.79. The number of hydrogen-bond acceptors (Lipinski definition) is 3. The van der Waals surface area contributed by atoms with Crippen molar-refractivity contribution in [1.29, 1.82) is 0 Å². The number of aryl methyl sites for hydroxylation is 1. The van der Waals surface area contributed by atoms with Crippen LogP contribution in [0.1, 0.15) is 38.2 Å². The Kier molecular flexibility index (Phi) is 4.96. The van der Waals surface area contributed by atoms with E-state index in [0.29, 0.717) is 0 Å². The minimum absolute atomic E-state index is 0.167. The molecule has 0 radical (unpaired) electrons. The summed E-state index contributed by atoms with van der Waals surface area (Å²) in [6.45, 7) is 4.49. The molecule has 2 N–H and O–H groups in total. The average molecular weight is 265 g/mol. The van der Waals surface area contributed by atoms with Gasteiger partial charge in [0.1, 0.15) is 0 Å². The van der Waals surface area contributed by atoms with Crippen molar-refractivity contribution < 1.29 is 9.90 Å². The molecule has 0 aliphatic heterocycles. The smallest absolute Gasteiger partial charge is 0.306 e. The number of carbonyl (C=O) groups is 1. The first-order valence-corrected chi connectivity index (χ1v) is 7.15. The first-order chi connectivity index (χ1) is 9.20. The Morgan fingerprint density at radius 3 is 3.00 bits per heavy atom. The lowest BCUT2D eigenvalue weighted by Gasteiger charge is -2.28. The van der Waals surface area contributed by atoms with Crippen LogP contribution in [0.4, 0.5) is 0 Å². The second-order valence-corrected chi connectivity index (χ2v) is 5.32. The van der Waals surface area contributed by atoms with Crippen molar-refractivity contribution in [2.45, 2.75) is 45.7 Å². The maximum Gasteiger partial charge on any atom is 0.306 e. The number of hydrogen-bond donors (Lipinski definition) is 2. The Morgan fingerprint density at radius 2 is 2.32 bits per heavy atom. The van der Waals surface area contributed by atoms with Gasteiger partial charge >= 0.3 is 5.97 Å². The molecule has 1 heterocycles. The molecule has 1 aliphatic rings. The van der Waals surface area contributed by atoms with Crippen molar-refractivity contribution in [3.05, 3.63) is 18.0 Å². The predicted molar refractivity (Wildman–Crippen MR) is 72.7 cm³/mol. The Labute approximate surface area is 114 Å². The molecule has 106 valence electrons. The molecule has 0 saturated heterocycles. The van der Waals surface area contributed by atoms with Crippen LogP contribution in [0.5, 0.6) is 0 Å². The zero-order valence-electron chi connectivity index (χ0n) is 11.5. The van der Waals surface area contributed by atoms with Crippen LogP contribution in [0.15, 0.2) is 12.4 Å². The summed E-state index contributed by atoms with van der Waals surface area (Å²) >= 11 is 0. The Morgan fingerprint density at radius 1 is 1.53 bits per heavy atom. The number of carboxylic acids is 1. The van der Waals surface area contributed by atoms with Gasteiger partial charge in [0, 0.05) is 24.8 Å². The molecule has 0 spiro atoms. The third-order valence-electron chi connectivity index (χ3n) is 3.97. The van der Waals surface area contributed by atoms with E-state index in [2.05, 4.69) is 17.3 Å². The van der Waals surface area contributed by atoms with E-state index in [0.717, 1.165) is 50.9 Å². The topological polar surface area (TPSA) is 67.2 Å². The third-order valence-corrected chi connectivity index (χ3v) is 3.97. The number of carboxylic acid groups (broad SMARTS) is 1. The fraction of sp³-hybridized carbons (Fsp3) is 0.714. The molecular weight excluding hydrogens is 242 g/mol. The van der Waals surface area contributed by atoms with Crippen molar-refractivity contribution >= 4 is 5.97 Å². The van der Waals surface area contributed by atoms with Crippen molar-refractivity contribution in [1.82, 2.24) is 15.1 Å². The van der Waals surface area contributed by atoms with Crippen LogP contribution in [0.3, 0.4) is 0 Å². The van der Waals surface area contributed by atoms with E-state index in [1.165, 1.54) is 0 Å². The summed E-state index contributed by atoms with van der Waals surface area (Å²) in [6.07, 6.45) is 7.96. The van der Waals surface area contributed by atoms with E-state index >= 15 is 0 Å². The van der Waals surface area contributed by atoms with E-state index in [9.17, 15) is 9.90 Å². The fourth-order valence-corrected chi connectivity index (χ4v) is 2.85. The molecule has 2 rings (SSSR count). The SMILES string of the molecule is CCn1cc(CNCC2CCCCC2C(=O)O)cn1. The monoisotopic (exact) mass is 265 g/mol. The Hall–Kier alpha value is -1.36. The second kappa shape index (κ2) is 6.70. The van der Waals surface area contributed by atoms with E-state index in [1.807, 2.05) is 17.1 Å². The normalized spacial score (nSPS) is 23.4. The maximum atomic E-state index is 11.2. The van der Waals surface area contributed by atoms with Gasteiger partial charge in [-0.05, 0) is 32.2 Å². The number of nitrogens with zero attached hydrogens (tertiary/aromatic N) is 2. The third kappa shape index (κ3) is 3.80. The van der Waals surface area contributed by atoms with Gasteiger partial charge in [0.25, 0.3) is 0 Å². The van der Waals surface area contributed by atoms with Crippen LogP contribution in [0.2, 0.25) is 0 Å². The number of rotatable bonds is 6. The van der Waals surface area contributed by atoms with Gasteiger partial charge in [0.05, 0.1) is 12.1 Å². The highest BCUT2D eigenvalue weighted by atomic mass is 16.4. The van der Waals surface area contributed by atoms with Gasteiger partial charge < -0.3 is 10.4 Å². The summed E-state index contributed by atoms with van der Waals surface area (Å²) in [4.78, 5) is 11.2. The summed E-state index contributed by atoms with van der Waals surface area (Å²) < 4.78 is 1.90. The highest BCUT2D eigenvalue weighted by molar-refractivity contribution is 5.70. The van der Waals surface area contributed by atoms with Crippen LogP contribution in [0.25, 0.3) is 0 Å². The first kappa shape index (κ1) is 14.1. The molecule has 1 fully saturated rings. The number of nitrogens with one attached hydrogen (secondary N) is 1. The number of aliphatic carboxylic acids is 1. The summed E-state index contributed by atoms with van der Waals surface area (Å²) in [7, 11) is 0. The van der Waals surface area contributed by atoms with Crippen molar-refractivity contribution in [3.8, 4) is 0 Å². The van der Waals surface area contributed by atoms with Gasteiger partial charge in [0.2, 0.25) is 0 Å². The Balaban J connectivity index is 1.79. The molecule has 0 bridgehead atoms. The van der Waals surface area contributed by atoms with Crippen LogP contribution in [-0.2, 0) is 17.9 Å². The van der Waals surface area contributed by atoms with Crippen molar-refractivity contribution in [3.63, 3.8) is 0 Å². The van der Waals surface area contributed by atoms with E-state index < -0.39 is 5.97 Å². The van der Waals surface area contributed by atoms with Crippen molar-refractivity contribution in [2.24, 2.45) is 11.8 Å². The quantitative estimate of drug-likeness (QED) is 0.824. The molecule has 0 aromatic carbocycles. The predicted octanol–water partition coefficient (Wildman–Crippen LogP) is 1.88. The second-order valence-electron chi connectivity index (χ2n) is 5.32. The van der Waals surface area contributed by atoms with Crippen LogP contribution >= 0.6 is 0 Å². The molecule has 1 aromatic rings. The van der Waals surface area contributed by atoms with Crippen LogP contribution in [-0.4, -0.2) is 27.4 Å². The van der Waals surface area contributed by atoms with Gasteiger partial charge in [-0.3, -0.25) is 9.48 Å². The average Bonchev–Trinajstić information content (AvgIpc) is 2.87. The molecule has 5 heteroatoms. The molecule has 5 nitrogen and oxygen atoms in total. The molecule has 0 amide bonds. The summed E-state index contributed by atoms with van der Waals surface area (Å²) in [5.74, 6) is -0.530. The Bertz CT molecular complexity index is 417. The van der Waals surface area contributed by atoms with Crippen molar-refractivity contribution in [2.75, 3.05) is 6.54 Å². The van der Waals surface area contributed by atoms with E-state index in [-0.39, 0.29) is 11.8 Å². The lowest BCUT2D eigenvalue weighted by Crippen LogP contribution is -2.34. The minimum atomic E-state index is -0.634. The summed E-state index contributed by atoms with van der Waals surface area (Å²) in [6, 6.07) is 0.